The zero-order chi connectivity index (χ0) is 17.6. The van der Waals surface area contributed by atoms with Crippen molar-refractivity contribution in [3.05, 3.63) is 29.6 Å². The van der Waals surface area contributed by atoms with Crippen molar-refractivity contribution in [1.29, 1.82) is 0 Å². The normalized spacial score (nSPS) is 16.7. The molecule has 2 aromatic rings. The quantitative estimate of drug-likeness (QED) is 0.649. The molecule has 0 radical (unpaired) electrons. The lowest BCUT2D eigenvalue weighted by atomic mass is 9.83. The molecule has 25 heavy (non-hydrogen) atoms. The van der Waals surface area contributed by atoms with Gasteiger partial charge in [-0.2, -0.15) is 0 Å². The number of carbonyl (C=O) groups excluding carboxylic acids is 1. The number of imidazole rings is 1. The summed E-state index contributed by atoms with van der Waals surface area (Å²) in [5.41, 5.74) is 3.04. The van der Waals surface area contributed by atoms with Crippen molar-refractivity contribution < 1.29 is 9.90 Å². The number of aryl methyl sites for hydroxylation is 1. The number of nitrogens with one attached hydrogen (secondary N) is 3. The van der Waals surface area contributed by atoms with E-state index in [0.29, 0.717) is 18.9 Å². The molecular weight excluding hydrogens is 316 g/mol. The highest BCUT2D eigenvalue weighted by Gasteiger charge is 2.24. The molecule has 6 nitrogen and oxygen atoms in total. The molecule has 1 atom stereocenters. The van der Waals surface area contributed by atoms with Crippen LogP contribution in [0, 0.1) is 12.8 Å². The van der Waals surface area contributed by atoms with Crippen molar-refractivity contribution >= 4 is 17.1 Å². The van der Waals surface area contributed by atoms with Gasteiger partial charge in [0.2, 0.25) is 0 Å². The van der Waals surface area contributed by atoms with E-state index in [1.165, 1.54) is 19.3 Å². The summed E-state index contributed by atoms with van der Waals surface area (Å²) >= 11 is 0. The van der Waals surface area contributed by atoms with Gasteiger partial charge in [-0.15, -0.1) is 0 Å². The van der Waals surface area contributed by atoms with Crippen LogP contribution in [0.2, 0.25) is 0 Å². The zero-order valence-corrected chi connectivity index (χ0v) is 14.8. The minimum Gasteiger partial charge on any atom is -0.396 e. The van der Waals surface area contributed by atoms with Crippen molar-refractivity contribution in [3.8, 4) is 0 Å². The van der Waals surface area contributed by atoms with Crippen LogP contribution in [-0.4, -0.2) is 33.8 Å². The summed E-state index contributed by atoms with van der Waals surface area (Å²) in [6.45, 7) is 2.48. The lowest BCUT2D eigenvalue weighted by Crippen LogP contribution is -2.46. The molecule has 1 aromatic carbocycles. The second-order valence-electron chi connectivity index (χ2n) is 7.00. The largest absolute Gasteiger partial charge is 0.396 e. The number of para-hydroxylation sites is 1. The van der Waals surface area contributed by atoms with Crippen LogP contribution < -0.4 is 10.6 Å². The number of hydrogen-bond donors (Lipinski definition) is 4. The smallest absolute Gasteiger partial charge is 0.315 e. The molecule has 1 heterocycles. The van der Waals surface area contributed by atoms with Crippen molar-refractivity contribution in [2.75, 3.05) is 6.61 Å². The molecule has 1 aliphatic carbocycles. The highest BCUT2D eigenvalue weighted by atomic mass is 16.3. The van der Waals surface area contributed by atoms with E-state index in [1.54, 1.807) is 0 Å². The van der Waals surface area contributed by atoms with Crippen LogP contribution in [0.5, 0.6) is 0 Å². The van der Waals surface area contributed by atoms with Crippen LogP contribution in [0.3, 0.4) is 0 Å². The number of H-pyrrole nitrogens is 1. The Kier molecular flexibility index (Phi) is 5.91. The van der Waals surface area contributed by atoms with Crippen LogP contribution in [-0.2, 0) is 6.54 Å². The van der Waals surface area contributed by atoms with Crippen LogP contribution in [0.4, 0.5) is 4.79 Å². The summed E-state index contributed by atoms with van der Waals surface area (Å²) in [6.07, 6.45) is 6.59. The topological polar surface area (TPSA) is 90.0 Å². The molecule has 136 valence electrons. The standard InChI is InChI=1S/C19H28N4O2/c1-13-6-5-9-16-18(13)23-17(21-16)12-20-19(25)22-15(10-11-24)14-7-3-2-4-8-14/h5-6,9,14-15,24H,2-4,7-8,10-12H2,1H3,(H,21,23)(H2,20,22,25). The predicted molar refractivity (Wildman–Crippen MR) is 98.3 cm³/mol. The van der Waals surface area contributed by atoms with Gasteiger partial charge >= 0.3 is 6.03 Å². The van der Waals surface area contributed by atoms with E-state index in [4.69, 9.17) is 0 Å². The highest BCUT2D eigenvalue weighted by Crippen LogP contribution is 2.27. The zero-order valence-electron chi connectivity index (χ0n) is 14.8. The Morgan fingerprint density at radius 1 is 1.36 bits per heavy atom. The van der Waals surface area contributed by atoms with E-state index in [1.807, 2.05) is 25.1 Å². The van der Waals surface area contributed by atoms with Gasteiger partial charge in [0.05, 0.1) is 17.6 Å². The Morgan fingerprint density at radius 2 is 2.16 bits per heavy atom. The average Bonchev–Trinajstić information content (AvgIpc) is 3.05. The van der Waals surface area contributed by atoms with E-state index in [-0.39, 0.29) is 18.7 Å². The van der Waals surface area contributed by atoms with Gasteiger partial charge in [-0.3, -0.25) is 0 Å². The SMILES string of the molecule is Cc1cccc2[nH]c(CNC(=O)NC(CCO)C3CCCCC3)nc12. The summed E-state index contributed by atoms with van der Waals surface area (Å²) < 4.78 is 0. The fourth-order valence-electron chi connectivity index (χ4n) is 3.80. The van der Waals surface area contributed by atoms with Gasteiger partial charge in [0.15, 0.2) is 0 Å². The number of nitrogens with zero attached hydrogens (tertiary/aromatic N) is 1. The summed E-state index contributed by atoms with van der Waals surface area (Å²) in [6, 6.07) is 5.85. The molecular formula is C19H28N4O2. The van der Waals surface area contributed by atoms with E-state index in [0.717, 1.165) is 35.3 Å². The first-order valence-electron chi connectivity index (χ1n) is 9.27. The van der Waals surface area contributed by atoms with Crippen LogP contribution in [0.15, 0.2) is 18.2 Å². The summed E-state index contributed by atoms with van der Waals surface area (Å²) in [4.78, 5) is 20.1. The number of aliphatic hydroxyl groups is 1. The highest BCUT2D eigenvalue weighted by molar-refractivity contribution is 5.78. The molecule has 0 aliphatic heterocycles. The molecule has 2 amide bonds. The van der Waals surface area contributed by atoms with Crippen molar-refractivity contribution in [1.82, 2.24) is 20.6 Å². The summed E-state index contributed by atoms with van der Waals surface area (Å²) in [7, 11) is 0. The minimum absolute atomic E-state index is 0.0446. The maximum absolute atomic E-state index is 12.3. The maximum atomic E-state index is 12.3. The maximum Gasteiger partial charge on any atom is 0.315 e. The van der Waals surface area contributed by atoms with Crippen molar-refractivity contribution in [2.45, 2.75) is 58.0 Å². The summed E-state index contributed by atoms with van der Waals surface area (Å²) in [5, 5.41) is 15.2. The number of carbonyl (C=O) groups is 1. The van der Waals surface area contributed by atoms with Gasteiger partial charge in [-0.25, -0.2) is 9.78 Å². The first-order valence-corrected chi connectivity index (χ1v) is 9.27. The van der Waals surface area contributed by atoms with Crippen LogP contribution >= 0.6 is 0 Å². The number of aromatic amines is 1. The van der Waals surface area contributed by atoms with Crippen LogP contribution in [0.1, 0.15) is 49.9 Å². The average molecular weight is 344 g/mol. The second kappa shape index (κ2) is 8.34. The van der Waals surface area contributed by atoms with Crippen LogP contribution in [0.25, 0.3) is 11.0 Å². The number of benzene rings is 1. The Labute approximate surface area is 148 Å². The van der Waals surface area contributed by atoms with Gasteiger partial charge in [0.1, 0.15) is 5.82 Å². The number of aromatic nitrogens is 2. The fourth-order valence-corrected chi connectivity index (χ4v) is 3.80. The first-order chi connectivity index (χ1) is 12.2. The molecule has 0 bridgehead atoms. The number of rotatable bonds is 6. The molecule has 1 aromatic heterocycles. The second-order valence-corrected chi connectivity index (χ2v) is 7.00. The number of urea groups is 1. The molecule has 1 aliphatic rings. The molecule has 1 saturated carbocycles. The third kappa shape index (κ3) is 4.51. The Morgan fingerprint density at radius 3 is 2.88 bits per heavy atom. The molecule has 1 fully saturated rings. The molecule has 0 spiro atoms. The van der Waals surface area contributed by atoms with Crippen molar-refractivity contribution in [2.24, 2.45) is 5.92 Å². The lowest BCUT2D eigenvalue weighted by Gasteiger charge is -2.30. The number of hydrogen-bond acceptors (Lipinski definition) is 3. The first kappa shape index (κ1) is 17.7. The summed E-state index contributed by atoms with van der Waals surface area (Å²) in [5.74, 6) is 1.22. The monoisotopic (exact) mass is 344 g/mol. The molecule has 3 rings (SSSR count). The van der Waals surface area contributed by atoms with Gasteiger partial charge in [0, 0.05) is 12.6 Å². The minimum atomic E-state index is -0.193. The van der Waals surface area contributed by atoms with Crippen molar-refractivity contribution in [3.63, 3.8) is 0 Å². The Balaban J connectivity index is 1.55. The Bertz CT molecular complexity index is 707. The van der Waals surface area contributed by atoms with E-state index >= 15 is 0 Å². The molecule has 1 unspecified atom stereocenters. The predicted octanol–water partition coefficient (Wildman–Crippen LogP) is 3.00. The third-order valence-corrected chi connectivity index (χ3v) is 5.16. The Hall–Kier alpha value is -2.08. The third-order valence-electron chi connectivity index (χ3n) is 5.16. The molecule has 6 heteroatoms. The van der Waals surface area contributed by atoms with E-state index < -0.39 is 0 Å². The lowest BCUT2D eigenvalue weighted by molar-refractivity contribution is 0.196. The number of amides is 2. The number of fused-ring (bicyclic) bond motifs is 1. The van der Waals surface area contributed by atoms with E-state index in [2.05, 4.69) is 20.6 Å². The molecule has 0 saturated heterocycles. The van der Waals surface area contributed by atoms with Gasteiger partial charge in [-0.1, -0.05) is 31.4 Å². The van der Waals surface area contributed by atoms with E-state index in [9.17, 15) is 9.90 Å². The number of aliphatic hydroxyl groups excluding tert-OH is 1. The van der Waals surface area contributed by atoms with Gasteiger partial charge < -0.3 is 20.7 Å². The van der Waals surface area contributed by atoms with Gasteiger partial charge in [0.25, 0.3) is 0 Å². The van der Waals surface area contributed by atoms with Gasteiger partial charge in [-0.05, 0) is 43.7 Å². The molecule has 4 N–H and O–H groups in total. The fraction of sp³-hybridized carbons (Fsp3) is 0.579.